The van der Waals surface area contributed by atoms with Gasteiger partial charge in [0.05, 0.1) is 19.9 Å². The van der Waals surface area contributed by atoms with E-state index in [1.165, 1.54) is 18.9 Å². The highest BCUT2D eigenvalue weighted by Gasteiger charge is 2.15. The van der Waals surface area contributed by atoms with E-state index in [-0.39, 0.29) is 24.8 Å². The predicted molar refractivity (Wildman–Crippen MR) is 102 cm³/mol. The minimum atomic E-state index is -0.234. The lowest BCUT2D eigenvalue weighted by Crippen LogP contribution is -2.32. The van der Waals surface area contributed by atoms with Gasteiger partial charge in [-0.25, -0.2) is 0 Å². The second kappa shape index (κ2) is 9.10. The molecule has 2 rings (SSSR count). The number of ether oxygens (including phenoxy) is 2. The summed E-state index contributed by atoms with van der Waals surface area (Å²) in [5.41, 5.74) is 1.19. The van der Waals surface area contributed by atoms with Crippen LogP contribution in [0.25, 0.3) is 0 Å². The third kappa shape index (κ3) is 5.13. The van der Waals surface area contributed by atoms with E-state index in [0.29, 0.717) is 27.9 Å². The zero-order valence-corrected chi connectivity index (χ0v) is 15.7. The lowest BCUT2D eigenvalue weighted by Gasteiger charge is -2.21. The molecule has 0 bridgehead atoms. The SMILES string of the molecule is COc1ccc(NC(=O)CCN(C(C)=O)c2cccc(Cl)c2)c(OC)c1. The number of nitrogens with one attached hydrogen (secondary N) is 1. The van der Waals surface area contributed by atoms with Gasteiger partial charge in [-0.05, 0) is 30.3 Å². The van der Waals surface area contributed by atoms with Gasteiger partial charge in [-0.3, -0.25) is 9.59 Å². The van der Waals surface area contributed by atoms with E-state index in [9.17, 15) is 9.59 Å². The second-order valence-electron chi connectivity index (χ2n) is 5.51. The quantitative estimate of drug-likeness (QED) is 0.799. The van der Waals surface area contributed by atoms with Crippen LogP contribution in [0.3, 0.4) is 0 Å². The van der Waals surface area contributed by atoms with Gasteiger partial charge in [0.25, 0.3) is 0 Å². The fourth-order valence-corrected chi connectivity index (χ4v) is 2.62. The zero-order chi connectivity index (χ0) is 19.1. The summed E-state index contributed by atoms with van der Waals surface area (Å²) in [5.74, 6) is 0.725. The number of rotatable bonds is 7. The third-order valence-corrected chi connectivity index (χ3v) is 3.98. The van der Waals surface area contributed by atoms with Crippen LogP contribution in [0.15, 0.2) is 42.5 Å². The van der Waals surface area contributed by atoms with Crippen LogP contribution < -0.4 is 19.7 Å². The molecule has 138 valence electrons. The number of hydrogen-bond acceptors (Lipinski definition) is 4. The number of amides is 2. The number of carbonyl (C=O) groups is 2. The van der Waals surface area contributed by atoms with Crippen LogP contribution in [0.4, 0.5) is 11.4 Å². The van der Waals surface area contributed by atoms with E-state index in [2.05, 4.69) is 5.32 Å². The van der Waals surface area contributed by atoms with Crippen LogP contribution in [0.5, 0.6) is 11.5 Å². The smallest absolute Gasteiger partial charge is 0.226 e. The summed E-state index contributed by atoms with van der Waals surface area (Å²) in [6.45, 7) is 1.69. The van der Waals surface area contributed by atoms with Crippen molar-refractivity contribution in [1.82, 2.24) is 0 Å². The molecule has 26 heavy (non-hydrogen) atoms. The number of carbonyl (C=O) groups excluding carboxylic acids is 2. The monoisotopic (exact) mass is 376 g/mol. The van der Waals surface area contributed by atoms with Gasteiger partial charge in [-0.1, -0.05) is 17.7 Å². The topological polar surface area (TPSA) is 67.9 Å². The molecule has 2 amide bonds. The first kappa shape index (κ1) is 19.6. The molecule has 2 aromatic carbocycles. The van der Waals surface area contributed by atoms with Gasteiger partial charge in [0, 0.05) is 36.7 Å². The van der Waals surface area contributed by atoms with Crippen LogP contribution in [0, 0.1) is 0 Å². The van der Waals surface area contributed by atoms with Gasteiger partial charge >= 0.3 is 0 Å². The summed E-state index contributed by atoms with van der Waals surface area (Å²) in [7, 11) is 3.07. The Balaban J connectivity index is 2.04. The number of methoxy groups -OCH3 is 2. The maximum Gasteiger partial charge on any atom is 0.226 e. The largest absolute Gasteiger partial charge is 0.497 e. The van der Waals surface area contributed by atoms with Gasteiger partial charge in [-0.2, -0.15) is 0 Å². The Bertz CT molecular complexity index is 795. The number of hydrogen-bond donors (Lipinski definition) is 1. The van der Waals surface area contributed by atoms with Gasteiger partial charge in [0.2, 0.25) is 11.8 Å². The summed E-state index contributed by atoms with van der Waals surface area (Å²) in [4.78, 5) is 25.7. The molecule has 2 aromatic rings. The molecule has 0 atom stereocenters. The summed E-state index contributed by atoms with van der Waals surface area (Å²) in [6.07, 6.45) is 0.126. The maximum atomic E-state index is 12.3. The molecule has 7 heteroatoms. The summed E-state index contributed by atoms with van der Waals surface area (Å²) >= 11 is 5.98. The first-order valence-electron chi connectivity index (χ1n) is 8.00. The molecule has 0 spiro atoms. The van der Waals surface area contributed by atoms with Crippen LogP contribution in [0.2, 0.25) is 5.02 Å². The van der Waals surface area contributed by atoms with E-state index in [0.717, 1.165) is 0 Å². The Labute approximate surface area is 157 Å². The number of benzene rings is 2. The fraction of sp³-hybridized carbons (Fsp3) is 0.263. The van der Waals surface area contributed by atoms with Gasteiger partial charge in [-0.15, -0.1) is 0 Å². The predicted octanol–water partition coefficient (Wildman–Crippen LogP) is 3.74. The third-order valence-electron chi connectivity index (χ3n) is 3.75. The molecule has 0 aliphatic carbocycles. The van der Waals surface area contributed by atoms with Crippen molar-refractivity contribution in [2.45, 2.75) is 13.3 Å². The highest BCUT2D eigenvalue weighted by molar-refractivity contribution is 6.30. The Kier molecular flexibility index (Phi) is 6.86. The van der Waals surface area contributed by atoms with E-state index in [4.69, 9.17) is 21.1 Å². The van der Waals surface area contributed by atoms with Crippen molar-refractivity contribution in [1.29, 1.82) is 0 Å². The fourth-order valence-electron chi connectivity index (χ4n) is 2.44. The molecular formula is C19H21ClN2O4. The van der Waals surface area contributed by atoms with Gasteiger partial charge in [0.1, 0.15) is 11.5 Å². The van der Waals surface area contributed by atoms with E-state index in [1.807, 2.05) is 0 Å². The lowest BCUT2D eigenvalue weighted by molar-refractivity contribution is -0.117. The first-order chi connectivity index (χ1) is 12.4. The van der Waals surface area contributed by atoms with Crippen molar-refractivity contribution in [3.05, 3.63) is 47.5 Å². The minimum absolute atomic E-state index is 0.126. The van der Waals surface area contributed by atoms with Crippen molar-refractivity contribution in [3.63, 3.8) is 0 Å². The minimum Gasteiger partial charge on any atom is -0.497 e. The van der Waals surface area contributed by atoms with E-state index < -0.39 is 0 Å². The molecule has 0 aliphatic heterocycles. The van der Waals surface area contributed by atoms with Crippen molar-refractivity contribution in [3.8, 4) is 11.5 Å². The molecule has 0 radical (unpaired) electrons. The summed E-state index contributed by atoms with van der Waals surface area (Å²) in [5, 5.41) is 3.32. The molecule has 0 saturated heterocycles. The van der Waals surface area contributed by atoms with Crippen molar-refractivity contribution < 1.29 is 19.1 Å². The molecule has 0 aliphatic rings. The Hall–Kier alpha value is -2.73. The number of anilines is 2. The van der Waals surface area contributed by atoms with Crippen LogP contribution in [-0.4, -0.2) is 32.6 Å². The summed E-state index contributed by atoms with van der Waals surface area (Å²) < 4.78 is 10.4. The molecule has 6 nitrogen and oxygen atoms in total. The Morgan fingerprint density at radius 1 is 1.12 bits per heavy atom. The highest BCUT2D eigenvalue weighted by atomic mass is 35.5. The van der Waals surface area contributed by atoms with Crippen molar-refractivity contribution >= 4 is 34.8 Å². The zero-order valence-electron chi connectivity index (χ0n) is 14.9. The Morgan fingerprint density at radius 3 is 2.50 bits per heavy atom. The van der Waals surface area contributed by atoms with Gasteiger partial charge < -0.3 is 19.7 Å². The summed E-state index contributed by atoms with van der Waals surface area (Å²) in [6, 6.07) is 12.1. The standard InChI is InChI=1S/C19H21ClN2O4/c1-13(23)22(15-6-4-5-14(20)11-15)10-9-19(24)21-17-8-7-16(25-2)12-18(17)26-3/h4-8,11-12H,9-10H2,1-3H3,(H,21,24). The second-order valence-corrected chi connectivity index (χ2v) is 5.95. The average molecular weight is 377 g/mol. The maximum absolute atomic E-state index is 12.3. The molecule has 0 heterocycles. The Morgan fingerprint density at radius 2 is 1.88 bits per heavy atom. The lowest BCUT2D eigenvalue weighted by atomic mass is 10.2. The first-order valence-corrected chi connectivity index (χ1v) is 8.38. The van der Waals surface area contributed by atoms with E-state index in [1.54, 1.807) is 49.6 Å². The molecule has 0 saturated carbocycles. The average Bonchev–Trinajstić information content (AvgIpc) is 2.62. The molecule has 0 unspecified atom stereocenters. The molecular weight excluding hydrogens is 356 g/mol. The van der Waals surface area contributed by atoms with Crippen LogP contribution >= 0.6 is 11.6 Å². The number of nitrogens with zero attached hydrogens (tertiary/aromatic N) is 1. The highest BCUT2D eigenvalue weighted by Crippen LogP contribution is 2.29. The van der Waals surface area contributed by atoms with E-state index >= 15 is 0 Å². The van der Waals surface area contributed by atoms with Crippen LogP contribution in [-0.2, 0) is 9.59 Å². The molecule has 0 aromatic heterocycles. The van der Waals surface area contributed by atoms with Gasteiger partial charge in [0.15, 0.2) is 0 Å². The van der Waals surface area contributed by atoms with Crippen molar-refractivity contribution in [2.75, 3.05) is 31.0 Å². The van der Waals surface area contributed by atoms with Crippen molar-refractivity contribution in [2.24, 2.45) is 0 Å². The number of halogens is 1. The molecule has 0 fully saturated rings. The molecule has 1 N–H and O–H groups in total. The normalized spacial score (nSPS) is 10.2. The van der Waals surface area contributed by atoms with Crippen LogP contribution in [0.1, 0.15) is 13.3 Å².